The zero-order valence-corrected chi connectivity index (χ0v) is 12.0. The molecule has 0 spiro atoms. The number of fused-ring (bicyclic) bond motifs is 1. The van der Waals surface area contributed by atoms with Gasteiger partial charge in [0.1, 0.15) is 0 Å². The van der Waals surface area contributed by atoms with Crippen molar-refractivity contribution in [2.24, 2.45) is 5.10 Å². The second kappa shape index (κ2) is 5.77. The molecule has 1 aliphatic heterocycles. The molecule has 1 amide bonds. The van der Waals surface area contributed by atoms with Crippen molar-refractivity contribution in [3.8, 4) is 11.5 Å². The number of hydrogen-bond donors (Lipinski definition) is 2. The van der Waals surface area contributed by atoms with Crippen LogP contribution in [0.2, 0.25) is 0 Å². The van der Waals surface area contributed by atoms with Gasteiger partial charge in [-0.15, -0.1) is 0 Å². The number of hydrazone groups is 1. The summed E-state index contributed by atoms with van der Waals surface area (Å²) in [7, 11) is 0. The maximum absolute atomic E-state index is 12.1. The van der Waals surface area contributed by atoms with Gasteiger partial charge in [-0.05, 0) is 42.8 Å². The van der Waals surface area contributed by atoms with Gasteiger partial charge in [0.25, 0.3) is 5.91 Å². The molecule has 0 radical (unpaired) electrons. The SMILES string of the molecule is CC(=NNC(=O)c1ccc2c(c1)OCO2)c1cccc(N)c1. The van der Waals surface area contributed by atoms with E-state index in [-0.39, 0.29) is 12.7 Å². The van der Waals surface area contributed by atoms with Gasteiger partial charge in [0.05, 0.1) is 5.71 Å². The van der Waals surface area contributed by atoms with Crippen LogP contribution in [0.1, 0.15) is 22.8 Å². The second-order valence-corrected chi connectivity index (χ2v) is 4.83. The van der Waals surface area contributed by atoms with E-state index < -0.39 is 0 Å². The molecular weight excluding hydrogens is 282 g/mol. The molecule has 0 unspecified atom stereocenters. The highest BCUT2D eigenvalue weighted by Crippen LogP contribution is 2.32. The number of carbonyl (C=O) groups is 1. The molecule has 3 rings (SSSR count). The van der Waals surface area contributed by atoms with Crippen LogP contribution >= 0.6 is 0 Å². The molecule has 2 aromatic carbocycles. The van der Waals surface area contributed by atoms with Crippen molar-refractivity contribution in [3.63, 3.8) is 0 Å². The highest BCUT2D eigenvalue weighted by atomic mass is 16.7. The molecule has 0 saturated heterocycles. The normalized spacial score (nSPS) is 13.0. The Bertz CT molecular complexity index is 756. The van der Waals surface area contributed by atoms with Crippen LogP contribution in [0.25, 0.3) is 0 Å². The van der Waals surface area contributed by atoms with Gasteiger partial charge in [-0.3, -0.25) is 4.79 Å². The summed E-state index contributed by atoms with van der Waals surface area (Å²) in [5.41, 5.74) is 10.9. The predicted molar refractivity (Wildman–Crippen MR) is 83.1 cm³/mol. The third-order valence-corrected chi connectivity index (χ3v) is 3.26. The quantitative estimate of drug-likeness (QED) is 0.516. The van der Waals surface area contributed by atoms with Crippen molar-refractivity contribution >= 4 is 17.3 Å². The predicted octanol–water partition coefficient (Wildman–Crippen LogP) is 2.15. The van der Waals surface area contributed by atoms with Crippen molar-refractivity contribution in [2.75, 3.05) is 12.5 Å². The lowest BCUT2D eigenvalue weighted by Gasteiger charge is -2.04. The Labute approximate surface area is 127 Å². The van der Waals surface area contributed by atoms with Crippen molar-refractivity contribution < 1.29 is 14.3 Å². The number of hydrogen-bond acceptors (Lipinski definition) is 5. The van der Waals surface area contributed by atoms with Gasteiger partial charge < -0.3 is 15.2 Å². The van der Waals surface area contributed by atoms with Crippen LogP contribution in [0.4, 0.5) is 5.69 Å². The van der Waals surface area contributed by atoms with Gasteiger partial charge in [0.15, 0.2) is 11.5 Å². The second-order valence-electron chi connectivity index (χ2n) is 4.83. The number of nitrogens with zero attached hydrogens (tertiary/aromatic N) is 1. The number of nitrogens with two attached hydrogens (primary N) is 1. The number of benzene rings is 2. The Kier molecular flexibility index (Phi) is 3.65. The van der Waals surface area contributed by atoms with Crippen molar-refractivity contribution in [1.82, 2.24) is 5.43 Å². The largest absolute Gasteiger partial charge is 0.454 e. The topological polar surface area (TPSA) is 85.9 Å². The molecule has 22 heavy (non-hydrogen) atoms. The van der Waals surface area contributed by atoms with Crippen LogP contribution < -0.4 is 20.6 Å². The molecule has 6 heteroatoms. The molecule has 0 atom stereocenters. The minimum Gasteiger partial charge on any atom is -0.454 e. The first-order chi connectivity index (χ1) is 10.6. The first-order valence-electron chi connectivity index (χ1n) is 6.74. The standard InChI is InChI=1S/C16H15N3O3/c1-10(11-3-2-4-13(17)7-11)18-19-16(20)12-5-6-14-15(8-12)22-9-21-14/h2-8H,9,17H2,1H3,(H,19,20). The van der Waals surface area contributed by atoms with E-state index in [0.29, 0.717) is 28.5 Å². The van der Waals surface area contributed by atoms with Crippen LogP contribution in [-0.2, 0) is 0 Å². The highest BCUT2D eigenvalue weighted by molar-refractivity contribution is 6.01. The number of carbonyl (C=O) groups excluding carboxylic acids is 1. The molecule has 0 fully saturated rings. The monoisotopic (exact) mass is 297 g/mol. The molecule has 1 aliphatic rings. The number of amides is 1. The summed E-state index contributed by atoms with van der Waals surface area (Å²) < 4.78 is 10.5. The summed E-state index contributed by atoms with van der Waals surface area (Å²) >= 11 is 0. The van der Waals surface area contributed by atoms with Crippen LogP contribution in [0, 0.1) is 0 Å². The van der Waals surface area contributed by atoms with E-state index in [4.69, 9.17) is 15.2 Å². The van der Waals surface area contributed by atoms with Crippen LogP contribution in [0.5, 0.6) is 11.5 Å². The Balaban J connectivity index is 1.73. The van der Waals surface area contributed by atoms with E-state index in [1.165, 1.54) is 0 Å². The zero-order chi connectivity index (χ0) is 15.5. The van der Waals surface area contributed by atoms with Gasteiger partial charge in [-0.1, -0.05) is 12.1 Å². The summed E-state index contributed by atoms with van der Waals surface area (Å²) in [6.45, 7) is 1.97. The Morgan fingerprint density at radius 1 is 1.14 bits per heavy atom. The number of anilines is 1. The van der Waals surface area contributed by atoms with Gasteiger partial charge in [-0.25, -0.2) is 5.43 Å². The van der Waals surface area contributed by atoms with Crippen molar-refractivity contribution in [3.05, 3.63) is 53.6 Å². The summed E-state index contributed by atoms with van der Waals surface area (Å²) in [6, 6.07) is 12.3. The lowest BCUT2D eigenvalue weighted by Crippen LogP contribution is -2.19. The van der Waals surface area contributed by atoms with Crippen LogP contribution in [0.3, 0.4) is 0 Å². The fourth-order valence-electron chi connectivity index (χ4n) is 2.07. The van der Waals surface area contributed by atoms with E-state index in [9.17, 15) is 4.79 Å². The first-order valence-corrected chi connectivity index (χ1v) is 6.74. The molecule has 0 aliphatic carbocycles. The smallest absolute Gasteiger partial charge is 0.271 e. The highest BCUT2D eigenvalue weighted by Gasteiger charge is 2.16. The molecule has 112 valence electrons. The molecule has 0 aromatic heterocycles. The van der Waals surface area contributed by atoms with Crippen molar-refractivity contribution in [2.45, 2.75) is 6.92 Å². The molecule has 1 heterocycles. The summed E-state index contributed by atoms with van der Waals surface area (Å²) in [5.74, 6) is 0.877. The zero-order valence-electron chi connectivity index (χ0n) is 12.0. The lowest BCUT2D eigenvalue weighted by molar-refractivity contribution is 0.0954. The lowest BCUT2D eigenvalue weighted by atomic mass is 10.1. The number of ether oxygens (including phenoxy) is 2. The molecule has 6 nitrogen and oxygen atoms in total. The van der Waals surface area contributed by atoms with Gasteiger partial charge >= 0.3 is 0 Å². The molecule has 2 aromatic rings. The first kappa shape index (κ1) is 13.9. The fourth-order valence-corrected chi connectivity index (χ4v) is 2.07. The van der Waals surface area contributed by atoms with Gasteiger partial charge in [0, 0.05) is 11.3 Å². The summed E-state index contributed by atoms with van der Waals surface area (Å²) in [6.07, 6.45) is 0. The maximum atomic E-state index is 12.1. The molecule has 3 N–H and O–H groups in total. The average Bonchev–Trinajstić information content (AvgIpc) is 2.99. The third kappa shape index (κ3) is 2.85. The van der Waals surface area contributed by atoms with E-state index in [1.807, 2.05) is 12.1 Å². The average molecular weight is 297 g/mol. The number of nitrogen functional groups attached to an aromatic ring is 1. The van der Waals surface area contributed by atoms with Gasteiger partial charge in [-0.2, -0.15) is 5.10 Å². The fraction of sp³-hybridized carbons (Fsp3) is 0.125. The number of rotatable bonds is 3. The van der Waals surface area contributed by atoms with Crippen LogP contribution in [-0.4, -0.2) is 18.4 Å². The Hall–Kier alpha value is -3.02. The van der Waals surface area contributed by atoms with Crippen LogP contribution in [0.15, 0.2) is 47.6 Å². The van der Waals surface area contributed by atoms with E-state index in [2.05, 4.69) is 10.5 Å². The summed E-state index contributed by atoms with van der Waals surface area (Å²) in [4.78, 5) is 12.1. The Morgan fingerprint density at radius 2 is 1.95 bits per heavy atom. The minimum atomic E-state index is -0.318. The number of nitrogens with one attached hydrogen (secondary N) is 1. The Morgan fingerprint density at radius 3 is 2.77 bits per heavy atom. The van der Waals surface area contributed by atoms with Gasteiger partial charge in [0.2, 0.25) is 6.79 Å². The van der Waals surface area contributed by atoms with Crippen molar-refractivity contribution in [1.29, 1.82) is 0 Å². The third-order valence-electron chi connectivity index (χ3n) is 3.26. The van der Waals surface area contributed by atoms with E-state index >= 15 is 0 Å². The maximum Gasteiger partial charge on any atom is 0.271 e. The molecule has 0 saturated carbocycles. The molecule has 0 bridgehead atoms. The summed E-state index contributed by atoms with van der Waals surface area (Å²) in [5, 5.41) is 4.09. The van der Waals surface area contributed by atoms with E-state index in [1.54, 1.807) is 37.3 Å². The minimum absolute atomic E-state index is 0.174. The van der Waals surface area contributed by atoms with E-state index in [0.717, 1.165) is 5.56 Å². The molecular formula is C16H15N3O3.